The van der Waals surface area contributed by atoms with Crippen molar-refractivity contribution in [3.8, 4) is 0 Å². The van der Waals surface area contributed by atoms with Crippen LogP contribution in [0.25, 0.3) is 0 Å². The highest BCUT2D eigenvalue weighted by Gasteiger charge is 2.39. The van der Waals surface area contributed by atoms with E-state index in [4.69, 9.17) is 4.74 Å². The first-order valence-corrected chi connectivity index (χ1v) is 10.0. The minimum Gasteiger partial charge on any atom is -0.384 e. The van der Waals surface area contributed by atoms with Crippen molar-refractivity contribution in [2.45, 2.75) is 45.1 Å². The first kappa shape index (κ1) is 25.2. The summed E-state index contributed by atoms with van der Waals surface area (Å²) in [7, 11) is 1.68. The molecule has 1 amide bonds. The quantitative estimate of drug-likeness (QED) is 0.717. The fourth-order valence-corrected chi connectivity index (χ4v) is 4.13. The number of nitrogens with zero attached hydrogens (tertiary/aromatic N) is 1. The van der Waals surface area contributed by atoms with Gasteiger partial charge in [-0.05, 0) is 69.6 Å². The number of ether oxygens (including phenoxy) is 1. The second-order valence-electron chi connectivity index (χ2n) is 7.80. The Kier molecular flexibility index (Phi) is 11.4. The molecule has 0 spiro atoms. The van der Waals surface area contributed by atoms with Crippen molar-refractivity contribution in [1.29, 1.82) is 0 Å². The van der Waals surface area contributed by atoms with E-state index in [1.165, 1.54) is 44.3 Å². The van der Waals surface area contributed by atoms with Gasteiger partial charge >= 0.3 is 0 Å². The van der Waals surface area contributed by atoms with Crippen molar-refractivity contribution in [2.24, 2.45) is 5.41 Å². The van der Waals surface area contributed by atoms with E-state index in [1.54, 1.807) is 7.11 Å². The number of carbonyl (C=O) groups excluding carboxylic acids is 1. The van der Waals surface area contributed by atoms with Crippen molar-refractivity contribution < 1.29 is 9.53 Å². The van der Waals surface area contributed by atoms with Crippen LogP contribution in [0, 0.1) is 5.41 Å². The molecule has 28 heavy (non-hydrogen) atoms. The van der Waals surface area contributed by atoms with Gasteiger partial charge in [0.2, 0.25) is 5.91 Å². The number of rotatable bonds is 6. The third kappa shape index (κ3) is 6.89. The molecule has 7 heteroatoms. The second-order valence-corrected chi connectivity index (χ2v) is 7.80. The van der Waals surface area contributed by atoms with Crippen molar-refractivity contribution in [1.82, 2.24) is 10.2 Å². The van der Waals surface area contributed by atoms with Gasteiger partial charge in [0.15, 0.2) is 0 Å². The Morgan fingerprint density at radius 1 is 1.07 bits per heavy atom. The summed E-state index contributed by atoms with van der Waals surface area (Å²) in [5.74, 6) is 0.0844. The highest BCUT2D eigenvalue weighted by atomic mass is 35.5. The minimum absolute atomic E-state index is 0. The van der Waals surface area contributed by atoms with Crippen LogP contribution < -0.4 is 10.6 Å². The van der Waals surface area contributed by atoms with Gasteiger partial charge in [-0.1, -0.05) is 25.0 Å². The number of hydrogen-bond acceptors (Lipinski definition) is 4. The predicted octanol–water partition coefficient (Wildman–Crippen LogP) is 3.86. The molecule has 0 saturated carbocycles. The van der Waals surface area contributed by atoms with Crippen LogP contribution in [-0.2, 0) is 16.1 Å². The standard InChI is InChI=1S/C21H33N3O2.2ClH/c1-26-17-21(10-12-22-13-11-21)20(25)23-19-8-6-18(7-9-19)16-24-14-4-2-3-5-15-24;;/h6-9,22H,2-5,10-17H2,1H3,(H,23,25);2*1H. The zero-order valence-corrected chi connectivity index (χ0v) is 18.5. The number of nitrogens with one attached hydrogen (secondary N) is 2. The molecule has 2 saturated heterocycles. The fourth-order valence-electron chi connectivity index (χ4n) is 4.13. The van der Waals surface area contributed by atoms with Crippen LogP contribution in [0.3, 0.4) is 0 Å². The number of halogens is 2. The first-order valence-electron chi connectivity index (χ1n) is 10.0. The van der Waals surface area contributed by atoms with Crippen LogP contribution in [0.1, 0.15) is 44.1 Å². The van der Waals surface area contributed by atoms with Gasteiger partial charge in [-0.25, -0.2) is 0 Å². The molecule has 3 rings (SSSR count). The van der Waals surface area contributed by atoms with Gasteiger partial charge in [0.05, 0.1) is 12.0 Å². The summed E-state index contributed by atoms with van der Waals surface area (Å²) < 4.78 is 5.36. The molecule has 2 heterocycles. The van der Waals surface area contributed by atoms with E-state index in [1.807, 2.05) is 12.1 Å². The lowest BCUT2D eigenvalue weighted by atomic mass is 9.78. The Balaban J connectivity index is 0.00000196. The molecule has 2 aliphatic rings. The minimum atomic E-state index is -0.412. The first-order chi connectivity index (χ1) is 12.7. The average molecular weight is 432 g/mol. The van der Waals surface area contributed by atoms with Crippen LogP contribution in [0.2, 0.25) is 0 Å². The van der Waals surface area contributed by atoms with E-state index in [9.17, 15) is 4.79 Å². The zero-order valence-electron chi connectivity index (χ0n) is 16.9. The van der Waals surface area contributed by atoms with Crippen molar-refractivity contribution in [3.05, 3.63) is 29.8 Å². The maximum Gasteiger partial charge on any atom is 0.233 e. The van der Waals surface area contributed by atoms with Gasteiger partial charge in [0.1, 0.15) is 0 Å². The van der Waals surface area contributed by atoms with E-state index in [0.29, 0.717) is 6.61 Å². The molecule has 0 aliphatic carbocycles. The normalized spacial score (nSPS) is 19.6. The molecule has 1 aromatic carbocycles. The number of benzene rings is 1. The number of piperidine rings is 1. The van der Waals surface area contributed by atoms with Crippen molar-refractivity contribution in [3.63, 3.8) is 0 Å². The van der Waals surface area contributed by atoms with Gasteiger partial charge in [0.25, 0.3) is 0 Å². The molecule has 2 aliphatic heterocycles. The Hall–Kier alpha value is -0.850. The number of methoxy groups -OCH3 is 1. The Labute approximate surface area is 181 Å². The summed E-state index contributed by atoms with van der Waals surface area (Å²) >= 11 is 0. The molecule has 160 valence electrons. The molecular formula is C21H35Cl2N3O2. The smallest absolute Gasteiger partial charge is 0.233 e. The van der Waals surface area contributed by atoms with Crippen LogP contribution in [0.4, 0.5) is 5.69 Å². The lowest BCUT2D eigenvalue weighted by molar-refractivity contribution is -0.130. The summed E-state index contributed by atoms with van der Waals surface area (Å²) in [6.07, 6.45) is 6.98. The Bertz CT molecular complexity index is 564. The van der Waals surface area contributed by atoms with E-state index >= 15 is 0 Å². The second kappa shape index (κ2) is 12.7. The summed E-state index contributed by atoms with van der Waals surface area (Å²) in [6, 6.07) is 8.36. The number of carbonyl (C=O) groups is 1. The molecule has 2 fully saturated rings. The molecule has 0 atom stereocenters. The maximum absolute atomic E-state index is 12.9. The molecule has 0 aromatic heterocycles. The predicted molar refractivity (Wildman–Crippen MR) is 120 cm³/mol. The van der Waals surface area contributed by atoms with Gasteiger partial charge < -0.3 is 15.4 Å². The monoisotopic (exact) mass is 431 g/mol. The molecule has 0 unspecified atom stereocenters. The molecule has 5 nitrogen and oxygen atoms in total. The van der Waals surface area contributed by atoms with Crippen LogP contribution in [0.5, 0.6) is 0 Å². The van der Waals surface area contributed by atoms with E-state index in [2.05, 4.69) is 27.7 Å². The van der Waals surface area contributed by atoms with Crippen molar-refractivity contribution >= 4 is 36.4 Å². The van der Waals surface area contributed by atoms with Crippen molar-refractivity contribution in [2.75, 3.05) is 45.2 Å². The third-order valence-electron chi connectivity index (χ3n) is 5.78. The van der Waals surface area contributed by atoms with E-state index in [0.717, 1.165) is 38.2 Å². The zero-order chi connectivity index (χ0) is 18.2. The molecule has 1 aromatic rings. The highest BCUT2D eigenvalue weighted by molar-refractivity contribution is 5.95. The Morgan fingerprint density at radius 3 is 2.25 bits per heavy atom. The Morgan fingerprint density at radius 2 is 1.68 bits per heavy atom. The van der Waals surface area contributed by atoms with Crippen LogP contribution in [-0.4, -0.2) is 50.7 Å². The van der Waals surface area contributed by atoms with E-state index < -0.39 is 5.41 Å². The summed E-state index contributed by atoms with van der Waals surface area (Å²) in [5.41, 5.74) is 1.78. The topological polar surface area (TPSA) is 53.6 Å². The molecule has 0 radical (unpaired) electrons. The van der Waals surface area contributed by atoms with E-state index in [-0.39, 0.29) is 30.7 Å². The van der Waals surface area contributed by atoms with Gasteiger partial charge in [-0.2, -0.15) is 0 Å². The largest absolute Gasteiger partial charge is 0.384 e. The van der Waals surface area contributed by atoms with Crippen LogP contribution in [0.15, 0.2) is 24.3 Å². The summed E-state index contributed by atoms with van der Waals surface area (Å²) in [5, 5.41) is 6.44. The van der Waals surface area contributed by atoms with Gasteiger partial charge in [0, 0.05) is 19.3 Å². The van der Waals surface area contributed by atoms with Crippen LogP contribution >= 0.6 is 24.8 Å². The summed E-state index contributed by atoms with van der Waals surface area (Å²) in [4.78, 5) is 15.4. The lowest BCUT2D eigenvalue weighted by Gasteiger charge is -2.35. The number of hydrogen-bond donors (Lipinski definition) is 2. The average Bonchev–Trinajstić information content (AvgIpc) is 2.93. The number of amides is 1. The summed E-state index contributed by atoms with van der Waals surface area (Å²) in [6.45, 7) is 5.62. The highest BCUT2D eigenvalue weighted by Crippen LogP contribution is 2.31. The fraction of sp³-hybridized carbons (Fsp3) is 0.667. The van der Waals surface area contributed by atoms with Gasteiger partial charge in [-0.15, -0.1) is 24.8 Å². The maximum atomic E-state index is 12.9. The number of likely N-dealkylation sites (tertiary alicyclic amines) is 1. The van der Waals surface area contributed by atoms with Gasteiger partial charge in [-0.3, -0.25) is 9.69 Å². The SMILES string of the molecule is COCC1(C(=O)Nc2ccc(CN3CCCCCC3)cc2)CCNCC1.Cl.Cl. The third-order valence-corrected chi connectivity index (χ3v) is 5.78. The lowest BCUT2D eigenvalue weighted by Crippen LogP contribution is -2.47. The molecular weight excluding hydrogens is 397 g/mol. The molecule has 2 N–H and O–H groups in total. The number of anilines is 1. The molecule has 0 bridgehead atoms.